The van der Waals surface area contributed by atoms with Gasteiger partial charge in [0.2, 0.25) is 0 Å². The second-order valence-corrected chi connectivity index (χ2v) is 9.66. The highest BCUT2D eigenvalue weighted by molar-refractivity contribution is 6.17. The topological polar surface area (TPSA) is 78.9 Å². The number of ether oxygens (including phenoxy) is 3. The van der Waals surface area contributed by atoms with Crippen molar-refractivity contribution in [2.24, 2.45) is 5.41 Å². The van der Waals surface area contributed by atoms with Crippen LogP contribution in [0, 0.1) is 5.41 Å². The molecule has 0 aromatic rings. The summed E-state index contributed by atoms with van der Waals surface area (Å²) in [7, 11) is 0. The minimum absolute atomic E-state index is 0.0570. The molecule has 0 saturated heterocycles. The van der Waals surface area contributed by atoms with E-state index >= 15 is 0 Å². The van der Waals surface area contributed by atoms with Crippen molar-refractivity contribution in [1.82, 2.24) is 0 Å². The Balaban J connectivity index is 5.26. The van der Waals surface area contributed by atoms with E-state index < -0.39 is 23.3 Å². The van der Waals surface area contributed by atoms with Crippen molar-refractivity contribution in [2.75, 3.05) is 19.8 Å². The summed E-state index contributed by atoms with van der Waals surface area (Å²) in [5.74, 6) is -2.43. The van der Waals surface area contributed by atoms with Gasteiger partial charge in [-0.1, -0.05) is 118 Å². The number of hydrogen-bond acceptors (Lipinski definition) is 6. The van der Waals surface area contributed by atoms with E-state index in [1.54, 1.807) is 0 Å². The molecule has 0 aliphatic heterocycles. The molecule has 6 heteroatoms. The third-order valence-electron chi connectivity index (χ3n) is 6.39. The summed E-state index contributed by atoms with van der Waals surface area (Å²) < 4.78 is 16.5. The molecule has 0 aliphatic carbocycles. The van der Waals surface area contributed by atoms with Gasteiger partial charge in [0, 0.05) is 0 Å². The monoisotopic (exact) mass is 498 g/mol. The summed E-state index contributed by atoms with van der Waals surface area (Å²) in [4.78, 5) is 39.8. The molecule has 206 valence electrons. The van der Waals surface area contributed by atoms with Gasteiger partial charge in [-0.3, -0.25) is 14.4 Å². The van der Waals surface area contributed by atoms with Gasteiger partial charge >= 0.3 is 17.9 Å². The second kappa shape index (κ2) is 22.8. The van der Waals surface area contributed by atoms with Gasteiger partial charge in [-0.2, -0.15) is 0 Å². The third-order valence-corrected chi connectivity index (χ3v) is 6.39. The standard InChI is InChI=1S/C29H54O6/c1-5-9-13-16-19-23-33-26(30)29(22-12-8-4,27(31)34-24-20-17-14-10-6-2)28(32)35-25-21-18-15-11-7-3/h5-25H2,1-4H3. The van der Waals surface area contributed by atoms with Gasteiger partial charge < -0.3 is 14.2 Å². The van der Waals surface area contributed by atoms with Crippen LogP contribution in [0.1, 0.15) is 143 Å². The van der Waals surface area contributed by atoms with Crippen molar-refractivity contribution in [1.29, 1.82) is 0 Å². The first-order valence-electron chi connectivity index (χ1n) is 14.5. The quantitative estimate of drug-likeness (QED) is 0.0587. The average molecular weight is 499 g/mol. The van der Waals surface area contributed by atoms with Crippen LogP contribution in [-0.2, 0) is 28.6 Å². The molecule has 0 N–H and O–H groups in total. The van der Waals surface area contributed by atoms with Crippen LogP contribution < -0.4 is 0 Å². The molecule has 35 heavy (non-hydrogen) atoms. The van der Waals surface area contributed by atoms with Crippen molar-refractivity contribution >= 4 is 17.9 Å². The molecule has 0 radical (unpaired) electrons. The van der Waals surface area contributed by atoms with Crippen LogP contribution in [0.2, 0.25) is 0 Å². The van der Waals surface area contributed by atoms with E-state index in [1.807, 2.05) is 6.92 Å². The van der Waals surface area contributed by atoms with Gasteiger partial charge in [0.1, 0.15) is 0 Å². The molecule has 0 aliphatic rings. The highest BCUT2D eigenvalue weighted by Gasteiger charge is 2.56. The zero-order chi connectivity index (χ0) is 26.2. The SMILES string of the molecule is CCCCCCCOC(=O)C(CCCC)(C(=O)OCCCCCCC)C(=O)OCCCCCCC. The lowest BCUT2D eigenvalue weighted by Gasteiger charge is -2.27. The number of rotatable bonds is 24. The predicted octanol–water partition coefficient (Wildman–Crippen LogP) is 7.70. The van der Waals surface area contributed by atoms with Crippen LogP contribution in [-0.4, -0.2) is 37.7 Å². The Morgan fingerprint density at radius 1 is 0.429 bits per heavy atom. The van der Waals surface area contributed by atoms with E-state index in [9.17, 15) is 14.4 Å². The number of hydrogen-bond donors (Lipinski definition) is 0. The van der Waals surface area contributed by atoms with Crippen LogP contribution in [0.15, 0.2) is 0 Å². The van der Waals surface area contributed by atoms with Crippen LogP contribution in [0.5, 0.6) is 0 Å². The van der Waals surface area contributed by atoms with Gasteiger partial charge in [0.05, 0.1) is 19.8 Å². The van der Waals surface area contributed by atoms with Crippen molar-refractivity contribution in [2.45, 2.75) is 143 Å². The Hall–Kier alpha value is -1.59. The Morgan fingerprint density at radius 3 is 1.00 bits per heavy atom. The fourth-order valence-electron chi connectivity index (χ4n) is 3.98. The van der Waals surface area contributed by atoms with E-state index in [1.165, 1.54) is 0 Å². The molecule has 0 spiro atoms. The number of carbonyl (C=O) groups excluding carboxylic acids is 3. The van der Waals surface area contributed by atoms with Gasteiger partial charge in [0.15, 0.2) is 0 Å². The van der Waals surface area contributed by atoms with Gasteiger partial charge in [-0.25, -0.2) is 0 Å². The molecule has 0 aromatic carbocycles. The fourth-order valence-corrected chi connectivity index (χ4v) is 3.98. The number of esters is 3. The van der Waals surface area contributed by atoms with Crippen molar-refractivity contribution in [3.8, 4) is 0 Å². The molecule has 0 fully saturated rings. The van der Waals surface area contributed by atoms with Crippen LogP contribution in [0.4, 0.5) is 0 Å². The third kappa shape index (κ3) is 14.5. The van der Waals surface area contributed by atoms with Gasteiger partial charge in [-0.15, -0.1) is 0 Å². The summed E-state index contributed by atoms with van der Waals surface area (Å²) in [5, 5.41) is 0. The van der Waals surface area contributed by atoms with Crippen molar-refractivity contribution < 1.29 is 28.6 Å². The average Bonchev–Trinajstić information content (AvgIpc) is 2.86. The lowest BCUT2D eigenvalue weighted by molar-refractivity contribution is -0.185. The first-order valence-corrected chi connectivity index (χ1v) is 14.5. The molecule has 0 bridgehead atoms. The molecule has 0 amide bonds. The highest BCUT2D eigenvalue weighted by Crippen LogP contribution is 2.31. The summed E-state index contributed by atoms with van der Waals surface area (Å²) in [6, 6.07) is 0. The zero-order valence-corrected chi connectivity index (χ0v) is 23.3. The largest absolute Gasteiger partial charge is 0.464 e. The molecule has 0 saturated carbocycles. The zero-order valence-electron chi connectivity index (χ0n) is 23.3. The lowest BCUT2D eigenvalue weighted by atomic mass is 9.82. The molecular weight excluding hydrogens is 444 g/mol. The second-order valence-electron chi connectivity index (χ2n) is 9.66. The molecule has 0 atom stereocenters. The fraction of sp³-hybridized carbons (Fsp3) is 0.897. The maximum Gasteiger partial charge on any atom is 0.335 e. The van der Waals surface area contributed by atoms with E-state index in [2.05, 4.69) is 20.8 Å². The smallest absolute Gasteiger partial charge is 0.335 e. The summed E-state index contributed by atoms with van der Waals surface area (Å²) >= 11 is 0. The molecule has 0 aromatic heterocycles. The van der Waals surface area contributed by atoms with Gasteiger partial charge in [0.25, 0.3) is 5.41 Å². The van der Waals surface area contributed by atoms with Crippen LogP contribution in [0.25, 0.3) is 0 Å². The maximum absolute atomic E-state index is 13.3. The van der Waals surface area contributed by atoms with Crippen molar-refractivity contribution in [3.63, 3.8) is 0 Å². The number of unbranched alkanes of at least 4 members (excludes halogenated alkanes) is 13. The van der Waals surface area contributed by atoms with Crippen LogP contribution in [0.3, 0.4) is 0 Å². The first kappa shape index (κ1) is 33.4. The Bertz CT molecular complexity index is 476. The summed E-state index contributed by atoms with van der Waals surface area (Å²) in [6.07, 6.45) is 16.4. The Kier molecular flexibility index (Phi) is 21.8. The van der Waals surface area contributed by atoms with Crippen LogP contribution >= 0.6 is 0 Å². The molecular formula is C29H54O6. The predicted molar refractivity (Wildman–Crippen MR) is 141 cm³/mol. The Morgan fingerprint density at radius 2 is 0.714 bits per heavy atom. The summed E-state index contributed by atoms with van der Waals surface area (Å²) in [6.45, 7) is 9.00. The van der Waals surface area contributed by atoms with E-state index in [4.69, 9.17) is 14.2 Å². The van der Waals surface area contributed by atoms with Crippen molar-refractivity contribution in [3.05, 3.63) is 0 Å². The Labute approximate surface area is 215 Å². The maximum atomic E-state index is 13.3. The van der Waals surface area contributed by atoms with E-state index in [-0.39, 0.29) is 26.2 Å². The molecule has 0 heterocycles. The normalized spacial score (nSPS) is 11.3. The summed E-state index contributed by atoms with van der Waals surface area (Å²) in [5.41, 5.74) is -2.02. The molecule has 6 nitrogen and oxygen atoms in total. The lowest BCUT2D eigenvalue weighted by Crippen LogP contribution is -2.49. The van der Waals surface area contributed by atoms with E-state index in [0.29, 0.717) is 25.7 Å². The highest BCUT2D eigenvalue weighted by atomic mass is 16.6. The first-order chi connectivity index (χ1) is 17.0. The minimum atomic E-state index is -2.02. The number of carbonyl (C=O) groups is 3. The molecule has 0 rings (SSSR count). The molecule has 0 unspecified atom stereocenters. The van der Waals surface area contributed by atoms with Gasteiger partial charge in [-0.05, 0) is 25.7 Å². The minimum Gasteiger partial charge on any atom is -0.464 e. The van der Waals surface area contributed by atoms with E-state index in [0.717, 1.165) is 83.5 Å².